The van der Waals surface area contributed by atoms with Crippen LogP contribution in [0.4, 0.5) is 10.8 Å². The number of aromatic nitrogens is 2. The lowest BCUT2D eigenvalue weighted by atomic mass is 10.3. The molecule has 2 heterocycles. The van der Waals surface area contributed by atoms with Gasteiger partial charge in [-0.25, -0.2) is 0 Å². The van der Waals surface area contributed by atoms with E-state index in [4.69, 9.17) is 16.3 Å². The van der Waals surface area contributed by atoms with Crippen LogP contribution in [0, 0.1) is 0 Å². The number of rotatable bonds is 8. The summed E-state index contributed by atoms with van der Waals surface area (Å²) in [6.45, 7) is 0. The lowest BCUT2D eigenvalue weighted by Gasteiger charge is -2.09. The van der Waals surface area contributed by atoms with E-state index in [1.807, 2.05) is 17.5 Å². The zero-order chi connectivity index (χ0) is 19.9. The highest BCUT2D eigenvalue weighted by atomic mass is 35.5. The molecule has 7 nitrogen and oxygen atoms in total. The first-order chi connectivity index (χ1) is 13.5. The smallest absolute Gasteiger partial charge is 0.234 e. The highest BCUT2D eigenvalue weighted by molar-refractivity contribution is 8.01. The Balaban J connectivity index is 1.49. The number of hydrogen-bond donors (Lipinski definition) is 2. The molecule has 2 N–H and O–H groups in total. The van der Waals surface area contributed by atoms with Gasteiger partial charge in [-0.2, -0.15) is 0 Å². The molecule has 0 saturated carbocycles. The Morgan fingerprint density at radius 3 is 2.82 bits per heavy atom. The van der Waals surface area contributed by atoms with Crippen molar-refractivity contribution in [2.75, 3.05) is 23.5 Å². The first-order valence-corrected chi connectivity index (χ1v) is 11.0. The van der Waals surface area contributed by atoms with E-state index in [0.717, 1.165) is 4.88 Å². The zero-order valence-corrected chi connectivity index (χ0v) is 17.8. The van der Waals surface area contributed by atoms with Crippen molar-refractivity contribution < 1.29 is 14.3 Å². The first-order valence-electron chi connectivity index (χ1n) is 7.95. The molecule has 0 atom stereocenters. The number of thioether (sulfide) groups is 1. The van der Waals surface area contributed by atoms with Crippen molar-refractivity contribution in [3.8, 4) is 5.75 Å². The van der Waals surface area contributed by atoms with Crippen LogP contribution in [-0.2, 0) is 16.0 Å². The van der Waals surface area contributed by atoms with Gasteiger partial charge >= 0.3 is 0 Å². The average Bonchev–Trinajstić information content (AvgIpc) is 3.32. The van der Waals surface area contributed by atoms with Gasteiger partial charge in [-0.1, -0.05) is 40.8 Å². The number of methoxy groups -OCH3 is 1. The summed E-state index contributed by atoms with van der Waals surface area (Å²) in [5.74, 6) is 0.271. The predicted molar refractivity (Wildman–Crippen MR) is 114 cm³/mol. The molecular formula is C17H15ClN4O3S3. The number of carbonyl (C=O) groups excluding carboxylic acids is 2. The minimum atomic E-state index is -0.232. The molecule has 0 bridgehead atoms. The standard InChI is InChI=1S/C17H15ClN4O3S3/c1-25-13-5-4-10(18)7-12(13)19-15(24)9-27-17-22-21-16(28-17)20-14(23)8-11-3-2-6-26-11/h2-7H,8-9H2,1H3,(H,19,24)(H,20,21,23). The van der Waals surface area contributed by atoms with Gasteiger partial charge in [0.15, 0.2) is 4.34 Å². The molecule has 3 aromatic rings. The zero-order valence-electron chi connectivity index (χ0n) is 14.6. The van der Waals surface area contributed by atoms with E-state index in [-0.39, 0.29) is 17.6 Å². The number of nitrogens with one attached hydrogen (secondary N) is 2. The Morgan fingerprint density at radius 1 is 1.21 bits per heavy atom. The van der Waals surface area contributed by atoms with Crippen molar-refractivity contribution >= 4 is 68.7 Å². The second kappa shape index (κ2) is 9.87. The molecule has 2 aromatic heterocycles. The molecule has 0 aliphatic carbocycles. The minimum absolute atomic E-state index is 0.132. The molecule has 0 aliphatic heterocycles. The lowest BCUT2D eigenvalue weighted by molar-refractivity contribution is -0.115. The first kappa shape index (κ1) is 20.6. The van der Waals surface area contributed by atoms with Crippen LogP contribution in [0.25, 0.3) is 0 Å². The fraction of sp³-hybridized carbons (Fsp3) is 0.176. The second-order valence-corrected chi connectivity index (χ2v) is 9.03. The monoisotopic (exact) mass is 454 g/mol. The Morgan fingerprint density at radius 2 is 2.07 bits per heavy atom. The highest BCUT2D eigenvalue weighted by Crippen LogP contribution is 2.29. The Bertz CT molecular complexity index is 962. The summed E-state index contributed by atoms with van der Waals surface area (Å²) in [6, 6.07) is 8.78. The van der Waals surface area contributed by atoms with E-state index in [1.165, 1.54) is 41.5 Å². The van der Waals surface area contributed by atoms with Crippen molar-refractivity contribution in [3.63, 3.8) is 0 Å². The summed E-state index contributed by atoms with van der Waals surface area (Å²) >= 11 is 9.93. The molecular weight excluding hydrogens is 440 g/mol. The van der Waals surface area contributed by atoms with Crippen molar-refractivity contribution in [3.05, 3.63) is 45.6 Å². The van der Waals surface area contributed by atoms with Crippen molar-refractivity contribution in [1.82, 2.24) is 10.2 Å². The number of hydrogen-bond acceptors (Lipinski definition) is 8. The predicted octanol–water partition coefficient (Wildman–Crippen LogP) is 4.17. The van der Waals surface area contributed by atoms with Gasteiger partial charge in [0.05, 0.1) is 25.0 Å². The van der Waals surface area contributed by atoms with Gasteiger partial charge < -0.3 is 15.4 Å². The normalized spacial score (nSPS) is 10.5. The summed E-state index contributed by atoms with van der Waals surface area (Å²) < 4.78 is 5.78. The highest BCUT2D eigenvalue weighted by Gasteiger charge is 2.13. The summed E-state index contributed by atoms with van der Waals surface area (Å²) in [7, 11) is 1.52. The van der Waals surface area contributed by atoms with Crippen LogP contribution < -0.4 is 15.4 Å². The molecule has 0 unspecified atom stereocenters. The third-order valence-electron chi connectivity index (χ3n) is 3.33. The number of anilines is 2. The summed E-state index contributed by atoms with van der Waals surface area (Å²) in [4.78, 5) is 25.1. The molecule has 11 heteroatoms. The summed E-state index contributed by atoms with van der Waals surface area (Å²) in [5.41, 5.74) is 0.499. The molecule has 0 saturated heterocycles. The molecule has 3 rings (SSSR count). The van der Waals surface area contributed by atoms with Gasteiger partial charge in [0, 0.05) is 9.90 Å². The average molecular weight is 455 g/mol. The van der Waals surface area contributed by atoms with Gasteiger partial charge in [0.25, 0.3) is 0 Å². The summed E-state index contributed by atoms with van der Waals surface area (Å²) in [6.07, 6.45) is 0.295. The lowest BCUT2D eigenvalue weighted by Crippen LogP contribution is -2.14. The number of ether oxygens (including phenoxy) is 1. The maximum atomic E-state index is 12.2. The van der Waals surface area contributed by atoms with Gasteiger partial charge in [-0.05, 0) is 29.6 Å². The fourth-order valence-corrected chi connectivity index (χ4v) is 4.59. The number of carbonyl (C=O) groups is 2. The molecule has 0 aliphatic rings. The molecule has 2 amide bonds. The van der Waals surface area contributed by atoms with Crippen LogP contribution >= 0.6 is 46.0 Å². The van der Waals surface area contributed by atoms with E-state index < -0.39 is 0 Å². The van der Waals surface area contributed by atoms with E-state index in [0.29, 0.717) is 32.4 Å². The summed E-state index contributed by atoms with van der Waals surface area (Å²) in [5, 5.41) is 16.2. The van der Waals surface area contributed by atoms with Crippen LogP contribution in [-0.4, -0.2) is 34.9 Å². The van der Waals surface area contributed by atoms with Crippen LogP contribution in [0.15, 0.2) is 40.1 Å². The molecule has 146 valence electrons. The SMILES string of the molecule is COc1ccc(Cl)cc1NC(=O)CSc1nnc(NC(=O)Cc2cccs2)s1. The largest absolute Gasteiger partial charge is 0.495 e. The number of nitrogens with zero attached hydrogens (tertiary/aromatic N) is 2. The number of thiophene rings is 1. The van der Waals surface area contributed by atoms with Gasteiger partial charge in [-0.3, -0.25) is 9.59 Å². The second-order valence-electron chi connectivity index (χ2n) is 5.36. The van der Waals surface area contributed by atoms with Gasteiger partial charge in [-0.15, -0.1) is 21.5 Å². The number of benzene rings is 1. The Labute approximate surface area is 178 Å². The third-order valence-corrected chi connectivity index (χ3v) is 6.41. The Kier molecular flexibility index (Phi) is 7.26. The minimum Gasteiger partial charge on any atom is -0.495 e. The van der Waals surface area contributed by atoms with E-state index in [2.05, 4.69) is 20.8 Å². The van der Waals surface area contributed by atoms with Crippen LogP contribution in [0.2, 0.25) is 5.02 Å². The topological polar surface area (TPSA) is 93.2 Å². The van der Waals surface area contributed by atoms with E-state index >= 15 is 0 Å². The maximum Gasteiger partial charge on any atom is 0.234 e. The van der Waals surface area contributed by atoms with Crippen molar-refractivity contribution in [1.29, 1.82) is 0 Å². The van der Waals surface area contributed by atoms with E-state index in [1.54, 1.807) is 18.2 Å². The van der Waals surface area contributed by atoms with E-state index in [9.17, 15) is 9.59 Å². The quantitative estimate of drug-likeness (QED) is 0.392. The van der Waals surface area contributed by atoms with Gasteiger partial charge in [0.2, 0.25) is 16.9 Å². The van der Waals surface area contributed by atoms with Crippen LogP contribution in [0.1, 0.15) is 4.88 Å². The Hall–Kier alpha value is -2.14. The molecule has 0 radical (unpaired) electrons. The van der Waals surface area contributed by atoms with Crippen LogP contribution in [0.5, 0.6) is 5.75 Å². The van der Waals surface area contributed by atoms with Crippen LogP contribution in [0.3, 0.4) is 0 Å². The number of amides is 2. The molecule has 0 fully saturated rings. The van der Waals surface area contributed by atoms with Crippen molar-refractivity contribution in [2.45, 2.75) is 10.8 Å². The molecule has 28 heavy (non-hydrogen) atoms. The molecule has 0 spiro atoms. The number of halogens is 1. The van der Waals surface area contributed by atoms with Gasteiger partial charge in [0.1, 0.15) is 5.75 Å². The third kappa shape index (κ3) is 5.93. The maximum absolute atomic E-state index is 12.2. The molecule has 1 aromatic carbocycles. The fourth-order valence-electron chi connectivity index (χ4n) is 2.14. The van der Waals surface area contributed by atoms with Crippen molar-refractivity contribution in [2.24, 2.45) is 0 Å².